The van der Waals surface area contributed by atoms with Gasteiger partial charge in [0.05, 0.1) is 5.02 Å². The van der Waals surface area contributed by atoms with E-state index in [-0.39, 0.29) is 5.75 Å². The van der Waals surface area contributed by atoms with Crippen LogP contribution in [0.25, 0.3) is 11.4 Å². The molecule has 0 aliphatic carbocycles. The van der Waals surface area contributed by atoms with Gasteiger partial charge < -0.3 is 4.74 Å². The first-order chi connectivity index (χ1) is 12.0. The maximum atomic E-state index is 13.2. The highest BCUT2D eigenvalue weighted by Gasteiger charge is 2.18. The Morgan fingerprint density at radius 2 is 2.08 bits per heavy atom. The van der Waals surface area contributed by atoms with Crippen LogP contribution in [0.5, 0.6) is 5.75 Å². The van der Waals surface area contributed by atoms with E-state index in [1.54, 1.807) is 25.1 Å². The number of hydrogen-bond donors (Lipinski definition) is 1. The van der Waals surface area contributed by atoms with E-state index in [1.165, 1.54) is 18.2 Å². The lowest BCUT2D eigenvalue weighted by molar-refractivity contribution is -0.122. The molecule has 128 valence electrons. The second-order valence-corrected chi connectivity index (χ2v) is 6.27. The van der Waals surface area contributed by atoms with Crippen molar-refractivity contribution in [1.29, 1.82) is 0 Å². The van der Waals surface area contributed by atoms with Gasteiger partial charge in [-0.1, -0.05) is 29.8 Å². The number of aromatic nitrogens is 2. The molecule has 8 heteroatoms. The quantitative estimate of drug-likeness (QED) is 0.715. The molecule has 0 aliphatic rings. The largest absolute Gasteiger partial charge is 0.481 e. The molecule has 0 spiro atoms. The lowest BCUT2D eigenvalue weighted by Crippen LogP contribution is -2.30. The van der Waals surface area contributed by atoms with Gasteiger partial charge >= 0.3 is 0 Å². The molecule has 3 aromatic rings. The monoisotopic (exact) mass is 377 g/mol. The van der Waals surface area contributed by atoms with E-state index in [4.69, 9.17) is 16.3 Å². The van der Waals surface area contributed by atoms with Gasteiger partial charge in [0, 0.05) is 23.2 Å². The summed E-state index contributed by atoms with van der Waals surface area (Å²) in [6, 6.07) is 12.8. The summed E-state index contributed by atoms with van der Waals surface area (Å²) >= 11 is 7.15. The first-order valence-electron chi connectivity index (χ1n) is 7.34. The number of amides is 1. The molecule has 1 atom stereocenters. The molecule has 2 aromatic carbocycles. The topological polar surface area (TPSA) is 64.1 Å². The van der Waals surface area contributed by atoms with E-state index in [0.29, 0.717) is 21.5 Å². The second kappa shape index (κ2) is 7.58. The Morgan fingerprint density at radius 1 is 1.28 bits per heavy atom. The summed E-state index contributed by atoms with van der Waals surface area (Å²) in [5.74, 6) is -0.133. The summed E-state index contributed by atoms with van der Waals surface area (Å²) < 4.78 is 22.8. The SMILES string of the molecule is C[C@H](Oc1cccc(F)c1)C(=O)Nc1nc(-c2ccccc2Cl)ns1. The van der Waals surface area contributed by atoms with Gasteiger partial charge in [-0.15, -0.1) is 0 Å². The van der Waals surface area contributed by atoms with Crippen LogP contribution in [-0.2, 0) is 4.79 Å². The molecule has 1 heterocycles. The van der Waals surface area contributed by atoms with E-state index < -0.39 is 17.8 Å². The Bertz CT molecular complexity index is 903. The third-order valence-corrected chi connectivity index (χ3v) is 4.21. The fourth-order valence-corrected chi connectivity index (χ4v) is 2.84. The number of rotatable bonds is 5. The summed E-state index contributed by atoms with van der Waals surface area (Å²) in [5, 5.41) is 3.49. The van der Waals surface area contributed by atoms with E-state index in [9.17, 15) is 9.18 Å². The minimum Gasteiger partial charge on any atom is -0.481 e. The Balaban J connectivity index is 1.66. The van der Waals surface area contributed by atoms with Gasteiger partial charge in [0.1, 0.15) is 11.6 Å². The van der Waals surface area contributed by atoms with Gasteiger partial charge in [-0.3, -0.25) is 10.1 Å². The van der Waals surface area contributed by atoms with Gasteiger partial charge in [0.15, 0.2) is 11.9 Å². The van der Waals surface area contributed by atoms with Crippen LogP contribution in [0.4, 0.5) is 9.52 Å². The van der Waals surface area contributed by atoms with Crippen molar-refractivity contribution in [3.8, 4) is 17.1 Å². The zero-order valence-corrected chi connectivity index (χ0v) is 14.6. The molecule has 0 bridgehead atoms. The van der Waals surface area contributed by atoms with Gasteiger partial charge in [-0.25, -0.2) is 4.39 Å². The summed E-state index contributed by atoms with van der Waals surface area (Å²) in [4.78, 5) is 16.5. The molecule has 3 rings (SSSR count). The number of hydrogen-bond acceptors (Lipinski definition) is 5. The number of benzene rings is 2. The molecular weight excluding hydrogens is 365 g/mol. The highest BCUT2D eigenvalue weighted by atomic mass is 35.5. The van der Waals surface area contributed by atoms with Gasteiger partial charge in [0.2, 0.25) is 5.13 Å². The summed E-state index contributed by atoms with van der Waals surface area (Å²) in [6.45, 7) is 1.57. The van der Waals surface area contributed by atoms with E-state index >= 15 is 0 Å². The predicted molar refractivity (Wildman–Crippen MR) is 95.5 cm³/mol. The van der Waals surface area contributed by atoms with Crippen molar-refractivity contribution in [2.24, 2.45) is 0 Å². The Hall–Kier alpha value is -2.51. The number of halogens is 2. The fraction of sp³-hybridized carbons (Fsp3) is 0.118. The molecule has 0 unspecified atom stereocenters. The standard InChI is InChI=1S/C17H13ClFN3O2S/c1-10(24-12-6-4-5-11(19)9-12)16(23)21-17-20-15(22-25-17)13-7-2-3-8-14(13)18/h2-10H,1H3,(H,20,21,22,23)/t10-/m0/s1. The van der Waals surface area contributed by atoms with Crippen molar-refractivity contribution in [2.45, 2.75) is 13.0 Å². The highest BCUT2D eigenvalue weighted by molar-refractivity contribution is 7.10. The number of anilines is 1. The molecule has 1 amide bonds. The molecule has 0 saturated heterocycles. The molecule has 0 aliphatic heterocycles. The molecule has 0 radical (unpaired) electrons. The van der Waals surface area contributed by atoms with Crippen LogP contribution in [0.3, 0.4) is 0 Å². The van der Waals surface area contributed by atoms with Crippen LogP contribution in [0, 0.1) is 5.82 Å². The van der Waals surface area contributed by atoms with Crippen LogP contribution in [0.2, 0.25) is 5.02 Å². The first-order valence-corrected chi connectivity index (χ1v) is 8.50. The lowest BCUT2D eigenvalue weighted by atomic mass is 10.2. The third-order valence-electron chi connectivity index (χ3n) is 3.25. The second-order valence-electron chi connectivity index (χ2n) is 5.11. The summed E-state index contributed by atoms with van der Waals surface area (Å²) in [6.07, 6.45) is -0.825. The molecule has 0 fully saturated rings. The smallest absolute Gasteiger partial charge is 0.266 e. The third kappa shape index (κ3) is 4.32. The predicted octanol–water partition coefficient (Wildman–Crippen LogP) is 4.40. The maximum absolute atomic E-state index is 13.2. The number of carbonyl (C=O) groups excluding carboxylic acids is 1. The molecule has 0 saturated carbocycles. The van der Waals surface area contributed by atoms with Crippen molar-refractivity contribution in [2.75, 3.05) is 5.32 Å². The fourth-order valence-electron chi connectivity index (χ4n) is 2.03. The van der Waals surface area contributed by atoms with Crippen LogP contribution in [0.15, 0.2) is 48.5 Å². The van der Waals surface area contributed by atoms with Crippen LogP contribution < -0.4 is 10.1 Å². The molecular formula is C17H13ClFN3O2S. The molecule has 5 nitrogen and oxygen atoms in total. The van der Waals surface area contributed by atoms with Gasteiger partial charge in [-0.2, -0.15) is 9.36 Å². The van der Waals surface area contributed by atoms with Crippen molar-refractivity contribution < 1.29 is 13.9 Å². The van der Waals surface area contributed by atoms with Gasteiger partial charge in [-0.05, 0) is 31.2 Å². The normalized spacial score (nSPS) is 11.8. The zero-order valence-electron chi connectivity index (χ0n) is 13.1. The van der Waals surface area contributed by atoms with E-state index in [1.807, 2.05) is 12.1 Å². The Kier molecular flexibility index (Phi) is 5.25. The molecule has 1 aromatic heterocycles. The highest BCUT2D eigenvalue weighted by Crippen LogP contribution is 2.27. The number of nitrogens with zero attached hydrogens (tertiary/aromatic N) is 2. The molecule has 1 N–H and O–H groups in total. The van der Waals surface area contributed by atoms with Crippen molar-refractivity contribution in [3.63, 3.8) is 0 Å². The van der Waals surface area contributed by atoms with Crippen molar-refractivity contribution in [1.82, 2.24) is 9.36 Å². The van der Waals surface area contributed by atoms with E-state index in [2.05, 4.69) is 14.7 Å². The van der Waals surface area contributed by atoms with Gasteiger partial charge in [0.25, 0.3) is 5.91 Å². The zero-order chi connectivity index (χ0) is 17.8. The van der Waals surface area contributed by atoms with Crippen LogP contribution in [-0.4, -0.2) is 21.4 Å². The van der Waals surface area contributed by atoms with Crippen LogP contribution >= 0.6 is 23.1 Å². The number of ether oxygens (including phenoxy) is 1. The Labute approximate surface area is 152 Å². The van der Waals surface area contributed by atoms with Crippen LogP contribution in [0.1, 0.15) is 6.92 Å². The van der Waals surface area contributed by atoms with Crippen molar-refractivity contribution >= 4 is 34.2 Å². The minimum absolute atomic E-state index is 0.275. The summed E-state index contributed by atoms with van der Waals surface area (Å²) in [7, 11) is 0. The minimum atomic E-state index is -0.825. The first kappa shape index (κ1) is 17.3. The number of carbonyl (C=O) groups is 1. The average Bonchev–Trinajstić information content (AvgIpc) is 3.03. The molecule has 25 heavy (non-hydrogen) atoms. The Morgan fingerprint density at radius 3 is 2.84 bits per heavy atom. The summed E-state index contributed by atoms with van der Waals surface area (Å²) in [5.41, 5.74) is 0.685. The number of nitrogens with one attached hydrogen (secondary N) is 1. The average molecular weight is 378 g/mol. The van der Waals surface area contributed by atoms with E-state index in [0.717, 1.165) is 11.5 Å². The van der Waals surface area contributed by atoms with Crippen molar-refractivity contribution in [3.05, 3.63) is 59.4 Å². The lowest BCUT2D eigenvalue weighted by Gasteiger charge is -2.13. The maximum Gasteiger partial charge on any atom is 0.266 e.